The van der Waals surface area contributed by atoms with Crippen LogP contribution >= 0.6 is 0 Å². The Morgan fingerprint density at radius 1 is 0.973 bits per heavy atom. The first-order chi connectivity index (χ1) is 17.3. The van der Waals surface area contributed by atoms with Gasteiger partial charge in [-0.1, -0.05) is 0 Å². The van der Waals surface area contributed by atoms with Gasteiger partial charge in [0, 0.05) is 18.3 Å². The van der Waals surface area contributed by atoms with E-state index < -0.39 is 37.7 Å². The second-order valence-corrected chi connectivity index (χ2v) is 10.7. The number of imide groups is 1. The molecule has 0 atom stereocenters. The molecular formula is C25H22F3N3O5S. The molecule has 12 heteroatoms. The molecule has 2 heterocycles. The normalized spacial score (nSPS) is 15.8. The fourth-order valence-electron chi connectivity index (χ4n) is 3.91. The van der Waals surface area contributed by atoms with E-state index in [0.717, 1.165) is 34.7 Å². The predicted octanol–water partition coefficient (Wildman–Crippen LogP) is 4.80. The molecule has 4 rings (SSSR count). The number of amides is 3. The van der Waals surface area contributed by atoms with Crippen LogP contribution in [0.5, 0.6) is 5.75 Å². The van der Waals surface area contributed by atoms with Gasteiger partial charge in [-0.3, -0.25) is 9.78 Å². The lowest BCUT2D eigenvalue weighted by Crippen LogP contribution is -2.43. The molecule has 2 aromatic carbocycles. The molecule has 0 spiro atoms. The Hall–Kier alpha value is -3.93. The Labute approximate surface area is 211 Å². The van der Waals surface area contributed by atoms with Gasteiger partial charge in [0.25, 0.3) is 15.7 Å². The molecule has 37 heavy (non-hydrogen) atoms. The third kappa shape index (κ3) is 4.64. The van der Waals surface area contributed by atoms with E-state index in [2.05, 4.69) is 4.98 Å². The van der Waals surface area contributed by atoms with E-state index in [0.29, 0.717) is 17.0 Å². The van der Waals surface area contributed by atoms with E-state index in [1.54, 1.807) is 51.4 Å². The lowest BCUT2D eigenvalue weighted by molar-refractivity contribution is -0.123. The number of carbonyl (C=O) groups excluding carboxylic acids is 2. The van der Waals surface area contributed by atoms with Crippen LogP contribution in [0.15, 0.2) is 71.8 Å². The number of urea groups is 1. The molecule has 194 valence electrons. The minimum absolute atomic E-state index is 0.0413. The predicted molar refractivity (Wildman–Crippen MR) is 128 cm³/mol. The molecule has 0 bridgehead atoms. The van der Waals surface area contributed by atoms with Crippen LogP contribution in [0, 0.1) is 0 Å². The maximum atomic E-state index is 13.3. The summed E-state index contributed by atoms with van der Waals surface area (Å²) >= 11 is 0. The van der Waals surface area contributed by atoms with Crippen molar-refractivity contribution < 1.29 is 35.9 Å². The van der Waals surface area contributed by atoms with Crippen molar-refractivity contribution in [1.82, 2.24) is 9.88 Å². The van der Waals surface area contributed by atoms with Crippen molar-refractivity contribution in [2.75, 3.05) is 12.0 Å². The number of carbonyl (C=O) groups is 2. The summed E-state index contributed by atoms with van der Waals surface area (Å²) in [5.74, 6) is 0.0836. The molecule has 1 aromatic heterocycles. The van der Waals surface area contributed by atoms with Crippen molar-refractivity contribution >= 4 is 27.5 Å². The number of aromatic nitrogens is 1. The van der Waals surface area contributed by atoms with Crippen molar-refractivity contribution in [3.05, 3.63) is 72.4 Å². The Kier molecular flexibility index (Phi) is 6.49. The zero-order chi connectivity index (χ0) is 27.2. The largest absolute Gasteiger partial charge is 0.501 e. The molecule has 0 N–H and O–H groups in total. The van der Waals surface area contributed by atoms with Gasteiger partial charge in [-0.2, -0.15) is 13.2 Å². The number of methoxy groups -OCH3 is 1. The second-order valence-electron chi connectivity index (χ2n) is 8.79. The van der Waals surface area contributed by atoms with Crippen LogP contribution in [0.1, 0.15) is 19.4 Å². The SMILES string of the molecule is COc1ccc(-c2cc(CN3C(=O)N(c4ccc(S(=O)(=O)C(F)(F)F)cc4)C(=O)C3(C)C)ccn2)cc1. The van der Waals surface area contributed by atoms with Crippen molar-refractivity contribution in [2.45, 2.75) is 36.3 Å². The Morgan fingerprint density at radius 2 is 1.59 bits per heavy atom. The minimum atomic E-state index is -5.56. The van der Waals surface area contributed by atoms with Crippen LogP contribution in [0.2, 0.25) is 0 Å². The highest BCUT2D eigenvalue weighted by Gasteiger charge is 2.52. The number of rotatable bonds is 6. The van der Waals surface area contributed by atoms with Crippen LogP contribution in [-0.2, 0) is 21.2 Å². The van der Waals surface area contributed by atoms with E-state index in [1.165, 1.54) is 4.90 Å². The highest BCUT2D eigenvalue weighted by Crippen LogP contribution is 2.36. The van der Waals surface area contributed by atoms with Gasteiger partial charge >= 0.3 is 11.5 Å². The van der Waals surface area contributed by atoms with Crippen LogP contribution < -0.4 is 9.64 Å². The minimum Gasteiger partial charge on any atom is -0.497 e. The van der Waals surface area contributed by atoms with Gasteiger partial charge in [-0.15, -0.1) is 0 Å². The van der Waals surface area contributed by atoms with E-state index in [9.17, 15) is 31.2 Å². The van der Waals surface area contributed by atoms with Gasteiger partial charge in [-0.05, 0) is 80.1 Å². The van der Waals surface area contributed by atoms with E-state index in [-0.39, 0.29) is 12.2 Å². The Bertz CT molecular complexity index is 1450. The lowest BCUT2D eigenvalue weighted by atomic mass is 10.0. The first-order valence-corrected chi connectivity index (χ1v) is 12.4. The maximum Gasteiger partial charge on any atom is 0.501 e. The van der Waals surface area contributed by atoms with E-state index in [1.807, 2.05) is 12.1 Å². The van der Waals surface area contributed by atoms with Crippen molar-refractivity contribution in [2.24, 2.45) is 0 Å². The van der Waals surface area contributed by atoms with Gasteiger partial charge in [0.15, 0.2) is 0 Å². The maximum absolute atomic E-state index is 13.3. The van der Waals surface area contributed by atoms with Crippen LogP contribution in [-0.4, -0.2) is 48.4 Å². The van der Waals surface area contributed by atoms with Crippen molar-refractivity contribution in [3.8, 4) is 17.0 Å². The lowest BCUT2D eigenvalue weighted by Gasteiger charge is -2.27. The highest BCUT2D eigenvalue weighted by atomic mass is 32.2. The van der Waals surface area contributed by atoms with Gasteiger partial charge < -0.3 is 9.64 Å². The number of ether oxygens (including phenoxy) is 1. The zero-order valence-electron chi connectivity index (χ0n) is 20.0. The fourth-order valence-corrected chi connectivity index (χ4v) is 4.67. The summed E-state index contributed by atoms with van der Waals surface area (Å²) in [6.45, 7) is 3.17. The summed E-state index contributed by atoms with van der Waals surface area (Å²) < 4.78 is 67.0. The first kappa shape index (κ1) is 26.1. The van der Waals surface area contributed by atoms with E-state index >= 15 is 0 Å². The second kappa shape index (κ2) is 9.18. The standard InChI is InChI=1S/C25H22F3N3O5S/c1-24(2)22(32)31(18-6-10-20(11-7-18)37(34,35)25(26,27)28)23(33)30(24)15-16-12-13-29-21(14-16)17-4-8-19(36-3)9-5-17/h4-14H,15H2,1-3H3. The molecule has 3 aromatic rings. The van der Waals surface area contributed by atoms with Crippen LogP contribution in [0.4, 0.5) is 23.7 Å². The van der Waals surface area contributed by atoms with Crippen LogP contribution in [0.3, 0.4) is 0 Å². The summed E-state index contributed by atoms with van der Waals surface area (Å²) in [4.78, 5) is 32.0. The zero-order valence-corrected chi connectivity index (χ0v) is 20.8. The average molecular weight is 534 g/mol. The number of halogens is 3. The number of hydrogen-bond donors (Lipinski definition) is 0. The monoisotopic (exact) mass is 533 g/mol. The fraction of sp³-hybridized carbons (Fsp3) is 0.240. The molecule has 1 aliphatic heterocycles. The molecule has 8 nitrogen and oxygen atoms in total. The number of pyridine rings is 1. The average Bonchev–Trinajstić information content (AvgIpc) is 3.03. The van der Waals surface area contributed by atoms with Crippen molar-refractivity contribution in [3.63, 3.8) is 0 Å². The number of nitrogens with zero attached hydrogens (tertiary/aromatic N) is 3. The molecule has 0 saturated carbocycles. The first-order valence-electron chi connectivity index (χ1n) is 10.9. The molecule has 0 radical (unpaired) electrons. The number of anilines is 1. The summed E-state index contributed by atoms with van der Waals surface area (Å²) in [5, 5.41) is 0. The summed E-state index contributed by atoms with van der Waals surface area (Å²) in [5.41, 5.74) is -4.63. The topological polar surface area (TPSA) is 96.9 Å². The number of sulfone groups is 1. The Morgan fingerprint density at radius 3 is 2.16 bits per heavy atom. The summed E-state index contributed by atoms with van der Waals surface area (Å²) in [6, 6.07) is 13.5. The van der Waals surface area contributed by atoms with Gasteiger partial charge in [0.05, 0.1) is 23.4 Å². The molecular weight excluding hydrogens is 511 g/mol. The third-order valence-corrected chi connectivity index (χ3v) is 7.59. The number of benzene rings is 2. The van der Waals surface area contributed by atoms with Crippen LogP contribution in [0.25, 0.3) is 11.3 Å². The molecule has 1 aliphatic rings. The molecule has 3 amide bonds. The molecule has 0 unspecified atom stereocenters. The molecule has 0 aliphatic carbocycles. The quantitative estimate of drug-likeness (QED) is 0.423. The summed E-state index contributed by atoms with van der Waals surface area (Å²) in [6.07, 6.45) is 1.59. The van der Waals surface area contributed by atoms with Gasteiger partial charge in [0.1, 0.15) is 11.3 Å². The molecule has 1 saturated heterocycles. The number of hydrogen-bond acceptors (Lipinski definition) is 6. The van der Waals surface area contributed by atoms with E-state index in [4.69, 9.17) is 4.74 Å². The highest BCUT2D eigenvalue weighted by molar-refractivity contribution is 7.92. The van der Waals surface area contributed by atoms with Crippen molar-refractivity contribution in [1.29, 1.82) is 0 Å². The smallest absolute Gasteiger partial charge is 0.497 e. The van der Waals surface area contributed by atoms with Gasteiger partial charge in [0.2, 0.25) is 0 Å². The molecule has 1 fully saturated rings. The number of alkyl halides is 3. The van der Waals surface area contributed by atoms with Gasteiger partial charge in [-0.25, -0.2) is 18.1 Å². The third-order valence-electron chi connectivity index (χ3n) is 6.08. The summed E-state index contributed by atoms with van der Waals surface area (Å²) in [7, 11) is -4.00. The Balaban J connectivity index is 1.60.